The van der Waals surface area contributed by atoms with E-state index in [1.165, 1.54) is 24.2 Å². The van der Waals surface area contributed by atoms with E-state index in [0.717, 1.165) is 31.2 Å². The van der Waals surface area contributed by atoms with Crippen LogP contribution in [-0.4, -0.2) is 41.7 Å². The number of carbonyl (C=O) groups excluding carboxylic acids is 1. The van der Waals surface area contributed by atoms with Gasteiger partial charge in [-0.2, -0.15) is 0 Å². The minimum atomic E-state index is -0.0631. The monoisotopic (exact) mass is 281 g/mol. The lowest BCUT2D eigenvalue weighted by molar-refractivity contribution is 0.0543. The van der Waals surface area contributed by atoms with Crippen LogP contribution in [0.2, 0.25) is 0 Å². The van der Waals surface area contributed by atoms with Crippen LogP contribution in [0.3, 0.4) is 0 Å². The highest BCUT2D eigenvalue weighted by atomic mass is 32.1. The van der Waals surface area contributed by atoms with Gasteiger partial charge in [-0.05, 0) is 32.1 Å². The summed E-state index contributed by atoms with van der Waals surface area (Å²) >= 11 is 1.46. The van der Waals surface area contributed by atoms with Gasteiger partial charge in [0, 0.05) is 25.1 Å². The van der Waals surface area contributed by atoms with Crippen molar-refractivity contribution in [3.63, 3.8) is 0 Å². The molecule has 2 fully saturated rings. The van der Waals surface area contributed by atoms with Gasteiger partial charge in [0.15, 0.2) is 5.13 Å². The molecule has 3 rings (SSSR count). The van der Waals surface area contributed by atoms with Crippen molar-refractivity contribution < 1.29 is 9.53 Å². The smallest absolute Gasteiger partial charge is 0.323 e. The standard InChI is InChI=1S/C13H19N3O2S/c1-9-8-19-12(14-9)15-13(17)16-5-4-11(6-16)18-7-10-2-3-10/h8,10-11H,2-7H2,1H3,(H,14,15,17). The molecule has 104 valence electrons. The number of amides is 2. The summed E-state index contributed by atoms with van der Waals surface area (Å²) < 4.78 is 5.83. The predicted octanol–water partition coefficient (Wildman–Crippen LogP) is 2.48. The third kappa shape index (κ3) is 3.45. The molecule has 1 aromatic heterocycles. The molecule has 0 radical (unpaired) electrons. The molecular weight excluding hydrogens is 262 g/mol. The second-order valence-corrected chi connectivity index (χ2v) is 6.22. The number of ether oxygens (including phenoxy) is 1. The lowest BCUT2D eigenvalue weighted by atomic mass is 10.3. The third-order valence-corrected chi connectivity index (χ3v) is 4.41. The maximum absolute atomic E-state index is 12.0. The van der Waals surface area contributed by atoms with Crippen molar-refractivity contribution in [1.82, 2.24) is 9.88 Å². The summed E-state index contributed by atoms with van der Waals surface area (Å²) in [6.07, 6.45) is 3.77. The van der Waals surface area contributed by atoms with Crippen LogP contribution in [0.15, 0.2) is 5.38 Å². The van der Waals surface area contributed by atoms with Gasteiger partial charge in [-0.1, -0.05) is 0 Å². The van der Waals surface area contributed by atoms with E-state index >= 15 is 0 Å². The largest absolute Gasteiger partial charge is 0.376 e. The average molecular weight is 281 g/mol. The number of hydrogen-bond acceptors (Lipinski definition) is 4. The Morgan fingerprint density at radius 2 is 2.42 bits per heavy atom. The first kappa shape index (κ1) is 12.9. The van der Waals surface area contributed by atoms with Gasteiger partial charge in [0.05, 0.1) is 11.8 Å². The molecule has 0 bridgehead atoms. The van der Waals surface area contributed by atoms with E-state index in [1.54, 1.807) is 0 Å². The van der Waals surface area contributed by atoms with E-state index in [1.807, 2.05) is 17.2 Å². The molecule has 1 unspecified atom stereocenters. The van der Waals surface area contributed by atoms with Gasteiger partial charge in [0.2, 0.25) is 0 Å². The number of nitrogens with zero attached hydrogens (tertiary/aromatic N) is 2. The van der Waals surface area contributed by atoms with E-state index in [-0.39, 0.29) is 12.1 Å². The lowest BCUT2D eigenvalue weighted by Gasteiger charge is -2.16. The second kappa shape index (κ2) is 5.46. The molecule has 5 nitrogen and oxygen atoms in total. The van der Waals surface area contributed by atoms with Crippen molar-refractivity contribution in [1.29, 1.82) is 0 Å². The summed E-state index contributed by atoms with van der Waals surface area (Å²) in [5, 5.41) is 5.44. The van der Waals surface area contributed by atoms with Gasteiger partial charge in [-0.3, -0.25) is 5.32 Å². The number of nitrogens with one attached hydrogen (secondary N) is 1. The Hall–Kier alpha value is -1.14. The fourth-order valence-corrected chi connectivity index (χ4v) is 2.87. The molecule has 6 heteroatoms. The van der Waals surface area contributed by atoms with Gasteiger partial charge in [-0.25, -0.2) is 9.78 Å². The number of rotatable bonds is 4. The Morgan fingerprint density at radius 1 is 1.58 bits per heavy atom. The van der Waals surface area contributed by atoms with E-state index in [2.05, 4.69) is 10.3 Å². The van der Waals surface area contributed by atoms with Crippen molar-refractivity contribution in [2.75, 3.05) is 25.0 Å². The summed E-state index contributed by atoms with van der Waals surface area (Å²) in [6, 6.07) is -0.0631. The van der Waals surface area contributed by atoms with Crippen molar-refractivity contribution >= 4 is 22.5 Å². The lowest BCUT2D eigenvalue weighted by Crippen LogP contribution is -2.34. The summed E-state index contributed by atoms with van der Waals surface area (Å²) in [7, 11) is 0. The van der Waals surface area contributed by atoms with Gasteiger partial charge in [-0.15, -0.1) is 11.3 Å². The number of urea groups is 1. The van der Waals surface area contributed by atoms with Crippen LogP contribution in [0.4, 0.5) is 9.93 Å². The maximum Gasteiger partial charge on any atom is 0.323 e. The fraction of sp³-hybridized carbons (Fsp3) is 0.692. The minimum Gasteiger partial charge on any atom is -0.376 e. The summed E-state index contributed by atoms with van der Waals surface area (Å²) in [5.41, 5.74) is 0.937. The second-order valence-electron chi connectivity index (χ2n) is 5.36. The van der Waals surface area contributed by atoms with Crippen LogP contribution in [0, 0.1) is 12.8 Å². The van der Waals surface area contributed by atoms with Crippen LogP contribution in [-0.2, 0) is 4.74 Å². The van der Waals surface area contributed by atoms with E-state index < -0.39 is 0 Å². The number of anilines is 1. The van der Waals surface area contributed by atoms with Crippen LogP contribution in [0.1, 0.15) is 25.0 Å². The zero-order valence-corrected chi connectivity index (χ0v) is 11.9. The summed E-state index contributed by atoms with van der Waals surface area (Å²) in [4.78, 5) is 18.1. The molecule has 2 heterocycles. The van der Waals surface area contributed by atoms with E-state index in [9.17, 15) is 4.79 Å². The Morgan fingerprint density at radius 3 is 3.11 bits per heavy atom. The van der Waals surface area contributed by atoms with Crippen molar-refractivity contribution in [3.8, 4) is 0 Å². The number of aryl methyl sites for hydroxylation is 1. The molecule has 0 spiro atoms. The number of carbonyl (C=O) groups is 1. The normalized spacial score (nSPS) is 22.8. The minimum absolute atomic E-state index is 0.0631. The number of likely N-dealkylation sites (tertiary alicyclic amines) is 1. The predicted molar refractivity (Wildman–Crippen MR) is 74.5 cm³/mol. The molecule has 1 aromatic rings. The fourth-order valence-electron chi connectivity index (χ4n) is 2.19. The van der Waals surface area contributed by atoms with Crippen molar-refractivity contribution in [2.24, 2.45) is 5.92 Å². The first-order chi connectivity index (χ1) is 9.20. The van der Waals surface area contributed by atoms with Gasteiger partial charge < -0.3 is 9.64 Å². The average Bonchev–Trinajstić information content (AvgIpc) is 2.94. The Labute approximate surface area is 117 Å². The number of thiazole rings is 1. The van der Waals surface area contributed by atoms with Crippen molar-refractivity contribution in [3.05, 3.63) is 11.1 Å². The highest BCUT2D eigenvalue weighted by Gasteiger charge is 2.29. The number of aromatic nitrogens is 1. The van der Waals surface area contributed by atoms with Crippen LogP contribution in [0.5, 0.6) is 0 Å². The zero-order chi connectivity index (χ0) is 13.2. The highest BCUT2D eigenvalue weighted by Crippen LogP contribution is 2.30. The van der Waals surface area contributed by atoms with Crippen LogP contribution in [0.25, 0.3) is 0 Å². The topological polar surface area (TPSA) is 54.5 Å². The molecule has 1 saturated heterocycles. The van der Waals surface area contributed by atoms with E-state index in [4.69, 9.17) is 4.74 Å². The molecule has 2 aliphatic rings. The maximum atomic E-state index is 12.0. The molecule has 1 aliphatic carbocycles. The van der Waals surface area contributed by atoms with Gasteiger partial charge in [0.1, 0.15) is 0 Å². The Balaban J connectivity index is 1.45. The SMILES string of the molecule is Cc1csc(NC(=O)N2CCC(OCC3CC3)C2)n1. The molecular formula is C13H19N3O2S. The van der Waals surface area contributed by atoms with Gasteiger partial charge >= 0.3 is 6.03 Å². The molecule has 1 aliphatic heterocycles. The zero-order valence-electron chi connectivity index (χ0n) is 11.1. The Kier molecular flexibility index (Phi) is 3.70. The molecule has 1 N–H and O–H groups in total. The first-order valence-electron chi connectivity index (χ1n) is 6.80. The third-order valence-electron chi connectivity index (χ3n) is 3.53. The van der Waals surface area contributed by atoms with Crippen molar-refractivity contribution in [2.45, 2.75) is 32.3 Å². The molecule has 1 saturated carbocycles. The highest BCUT2D eigenvalue weighted by molar-refractivity contribution is 7.13. The van der Waals surface area contributed by atoms with E-state index in [0.29, 0.717) is 11.7 Å². The Bertz CT molecular complexity index is 458. The molecule has 0 aromatic carbocycles. The molecule has 1 atom stereocenters. The molecule has 2 amide bonds. The number of hydrogen-bond donors (Lipinski definition) is 1. The quantitative estimate of drug-likeness (QED) is 0.922. The van der Waals surface area contributed by atoms with Crippen LogP contribution < -0.4 is 5.32 Å². The summed E-state index contributed by atoms with van der Waals surface area (Å²) in [5.74, 6) is 0.779. The first-order valence-corrected chi connectivity index (χ1v) is 7.68. The summed E-state index contributed by atoms with van der Waals surface area (Å²) in [6.45, 7) is 4.25. The van der Waals surface area contributed by atoms with Gasteiger partial charge in [0.25, 0.3) is 0 Å². The van der Waals surface area contributed by atoms with Crippen LogP contribution >= 0.6 is 11.3 Å². The molecule has 19 heavy (non-hydrogen) atoms.